The van der Waals surface area contributed by atoms with Gasteiger partial charge < -0.3 is 0 Å². The van der Waals surface area contributed by atoms with E-state index in [0.717, 1.165) is 29.1 Å². The van der Waals surface area contributed by atoms with E-state index >= 15 is 0 Å². The van der Waals surface area contributed by atoms with Crippen molar-refractivity contribution in [1.82, 2.24) is 0 Å². The maximum atomic E-state index is 2.53. The molecule has 0 aromatic rings. The Morgan fingerprint density at radius 2 is 1.79 bits per heavy atom. The van der Waals surface area contributed by atoms with Crippen LogP contribution < -0.4 is 0 Å². The zero-order chi connectivity index (χ0) is 14.3. The van der Waals surface area contributed by atoms with Gasteiger partial charge in [0.2, 0.25) is 0 Å². The van der Waals surface area contributed by atoms with Gasteiger partial charge in [-0.25, -0.2) is 0 Å². The summed E-state index contributed by atoms with van der Waals surface area (Å²) in [4.78, 5) is 0. The van der Waals surface area contributed by atoms with Crippen molar-refractivity contribution in [2.24, 2.45) is 34.5 Å². The number of rotatable bonds is 8. The molecule has 4 unspecified atom stereocenters. The largest absolute Gasteiger partial charge is 0.0651 e. The Hall–Kier alpha value is 0. The Morgan fingerprint density at radius 1 is 1.16 bits per heavy atom. The van der Waals surface area contributed by atoms with Gasteiger partial charge in [-0.2, -0.15) is 0 Å². The van der Waals surface area contributed by atoms with E-state index in [0.29, 0.717) is 5.41 Å². The van der Waals surface area contributed by atoms with Gasteiger partial charge in [0.25, 0.3) is 0 Å². The zero-order valence-electron chi connectivity index (χ0n) is 14.3. The van der Waals surface area contributed by atoms with Crippen LogP contribution in [0.4, 0.5) is 0 Å². The predicted octanol–water partition coefficient (Wildman–Crippen LogP) is 6.30. The van der Waals surface area contributed by atoms with Crippen LogP contribution in [-0.2, 0) is 0 Å². The van der Waals surface area contributed by atoms with Crippen LogP contribution in [0.2, 0.25) is 0 Å². The van der Waals surface area contributed by atoms with Crippen LogP contribution in [0.25, 0.3) is 0 Å². The van der Waals surface area contributed by atoms with Crippen LogP contribution in [0.3, 0.4) is 0 Å². The molecule has 0 aliphatic heterocycles. The summed E-state index contributed by atoms with van der Waals surface area (Å²) in [5.41, 5.74) is 1.32. The van der Waals surface area contributed by atoms with Gasteiger partial charge in [-0.1, -0.05) is 54.4 Å². The molecule has 2 fully saturated rings. The maximum Gasteiger partial charge on any atom is -0.0294 e. The molecule has 0 radical (unpaired) electrons. The molecule has 2 aliphatic rings. The van der Waals surface area contributed by atoms with E-state index in [1.807, 2.05) is 0 Å². The molecule has 0 saturated heterocycles. The van der Waals surface area contributed by atoms with Gasteiger partial charge in [0.15, 0.2) is 0 Å². The molecule has 2 saturated carbocycles. The van der Waals surface area contributed by atoms with Crippen molar-refractivity contribution >= 4 is 0 Å². The van der Waals surface area contributed by atoms with Gasteiger partial charge in [-0.15, -0.1) is 0 Å². The van der Waals surface area contributed by atoms with Gasteiger partial charge in [-0.3, -0.25) is 0 Å². The highest BCUT2D eigenvalue weighted by molar-refractivity contribution is 5.06. The quantitative estimate of drug-likeness (QED) is 0.482. The molecule has 4 atom stereocenters. The first kappa shape index (κ1) is 15.4. The SMILES string of the molecule is CCC(C)CC(C)(C)C(CC)CC1CC1C1(C)CC1. The zero-order valence-corrected chi connectivity index (χ0v) is 14.3. The smallest absolute Gasteiger partial charge is 0.0294 e. The molecule has 2 rings (SSSR count). The molecular formula is C19H36. The van der Waals surface area contributed by atoms with E-state index in [1.54, 1.807) is 6.42 Å². The fraction of sp³-hybridized carbons (Fsp3) is 1.00. The van der Waals surface area contributed by atoms with Crippen molar-refractivity contribution in [3.05, 3.63) is 0 Å². The minimum absolute atomic E-state index is 0.543. The summed E-state index contributed by atoms with van der Waals surface area (Å²) >= 11 is 0. The third kappa shape index (κ3) is 3.56. The Balaban J connectivity index is 1.85. The van der Waals surface area contributed by atoms with E-state index in [4.69, 9.17) is 0 Å². The van der Waals surface area contributed by atoms with Crippen LogP contribution >= 0.6 is 0 Å². The highest BCUT2D eigenvalue weighted by atomic mass is 14.6. The van der Waals surface area contributed by atoms with E-state index < -0.39 is 0 Å². The second-order valence-corrected chi connectivity index (χ2v) is 8.80. The monoisotopic (exact) mass is 264 g/mol. The molecule has 0 spiro atoms. The van der Waals surface area contributed by atoms with E-state index in [1.165, 1.54) is 38.5 Å². The molecule has 2 aliphatic carbocycles. The lowest BCUT2D eigenvalue weighted by Gasteiger charge is -2.36. The minimum Gasteiger partial charge on any atom is -0.0651 e. The summed E-state index contributed by atoms with van der Waals surface area (Å²) in [5, 5.41) is 0. The lowest BCUT2D eigenvalue weighted by atomic mass is 9.69. The average molecular weight is 264 g/mol. The summed E-state index contributed by atoms with van der Waals surface area (Å²) < 4.78 is 0. The van der Waals surface area contributed by atoms with Gasteiger partial charge in [0.1, 0.15) is 0 Å². The second kappa shape index (κ2) is 5.41. The summed E-state index contributed by atoms with van der Waals surface area (Å²) in [7, 11) is 0. The molecule has 19 heavy (non-hydrogen) atoms. The second-order valence-electron chi connectivity index (χ2n) is 8.80. The van der Waals surface area contributed by atoms with Crippen molar-refractivity contribution in [2.45, 2.75) is 86.5 Å². The molecule has 0 heteroatoms. The Morgan fingerprint density at radius 3 is 2.26 bits per heavy atom. The van der Waals surface area contributed by atoms with Crippen molar-refractivity contribution in [3.8, 4) is 0 Å². The van der Waals surface area contributed by atoms with E-state index in [9.17, 15) is 0 Å². The third-order valence-electron chi connectivity index (χ3n) is 6.61. The topological polar surface area (TPSA) is 0 Å². The van der Waals surface area contributed by atoms with E-state index in [-0.39, 0.29) is 0 Å². The van der Waals surface area contributed by atoms with Crippen molar-refractivity contribution in [2.75, 3.05) is 0 Å². The molecule has 0 N–H and O–H groups in total. The third-order valence-corrected chi connectivity index (χ3v) is 6.61. The molecule has 0 heterocycles. The van der Waals surface area contributed by atoms with Crippen molar-refractivity contribution in [1.29, 1.82) is 0 Å². The van der Waals surface area contributed by atoms with Crippen LogP contribution in [0.1, 0.15) is 86.5 Å². The Bertz CT molecular complexity index is 297. The Labute approximate surface area is 121 Å². The first-order valence-electron chi connectivity index (χ1n) is 8.82. The maximum absolute atomic E-state index is 2.53. The highest BCUT2D eigenvalue weighted by Crippen LogP contribution is 2.65. The summed E-state index contributed by atoms with van der Waals surface area (Å²) in [6, 6.07) is 0. The minimum atomic E-state index is 0.543. The van der Waals surface area contributed by atoms with Crippen molar-refractivity contribution < 1.29 is 0 Å². The van der Waals surface area contributed by atoms with E-state index in [2.05, 4.69) is 41.5 Å². The van der Waals surface area contributed by atoms with Crippen molar-refractivity contribution in [3.63, 3.8) is 0 Å². The first-order valence-corrected chi connectivity index (χ1v) is 8.82. The van der Waals surface area contributed by atoms with Crippen LogP contribution in [0.5, 0.6) is 0 Å². The normalized spacial score (nSPS) is 31.9. The highest BCUT2D eigenvalue weighted by Gasteiger charge is 2.56. The fourth-order valence-electron chi connectivity index (χ4n) is 4.54. The molecular weight excluding hydrogens is 228 g/mol. The molecule has 0 bridgehead atoms. The predicted molar refractivity (Wildman–Crippen MR) is 85.2 cm³/mol. The molecule has 0 aromatic carbocycles. The first-order chi connectivity index (χ1) is 8.82. The lowest BCUT2D eigenvalue weighted by Crippen LogP contribution is -2.26. The van der Waals surface area contributed by atoms with Crippen LogP contribution in [-0.4, -0.2) is 0 Å². The average Bonchev–Trinajstić information content (AvgIpc) is 3.22. The molecule has 0 amide bonds. The molecule has 0 nitrogen and oxygen atoms in total. The van der Waals surface area contributed by atoms with Crippen LogP contribution in [0.15, 0.2) is 0 Å². The van der Waals surface area contributed by atoms with Crippen LogP contribution in [0, 0.1) is 34.5 Å². The number of hydrogen-bond acceptors (Lipinski definition) is 0. The molecule has 0 aromatic heterocycles. The number of hydrogen-bond donors (Lipinski definition) is 0. The lowest BCUT2D eigenvalue weighted by molar-refractivity contribution is 0.140. The van der Waals surface area contributed by atoms with Gasteiger partial charge >= 0.3 is 0 Å². The summed E-state index contributed by atoms with van der Waals surface area (Å²) in [6.45, 7) is 14.8. The fourth-order valence-corrected chi connectivity index (χ4v) is 4.54. The summed E-state index contributed by atoms with van der Waals surface area (Å²) in [5.74, 6) is 4.01. The van der Waals surface area contributed by atoms with Gasteiger partial charge in [0.05, 0.1) is 0 Å². The Kier molecular flexibility index (Phi) is 4.38. The molecule has 112 valence electrons. The van der Waals surface area contributed by atoms with Gasteiger partial charge in [0, 0.05) is 0 Å². The van der Waals surface area contributed by atoms with Gasteiger partial charge in [-0.05, 0) is 66.6 Å². The summed E-state index contributed by atoms with van der Waals surface area (Å²) in [6.07, 6.45) is 10.2. The standard InChI is InChI=1S/C19H36/c1-7-14(3)13-18(4,5)16(8-2)11-15-12-17(15)19(6)9-10-19/h14-17H,7-13H2,1-6H3.